The van der Waals surface area contributed by atoms with Gasteiger partial charge < -0.3 is 4.98 Å². The van der Waals surface area contributed by atoms with Gasteiger partial charge in [-0.2, -0.15) is 0 Å². The van der Waals surface area contributed by atoms with E-state index in [-0.39, 0.29) is 5.56 Å². The highest BCUT2D eigenvalue weighted by molar-refractivity contribution is 5.85. The van der Waals surface area contributed by atoms with Crippen LogP contribution in [0.1, 0.15) is 25.5 Å². The van der Waals surface area contributed by atoms with Crippen LogP contribution in [0, 0.1) is 5.82 Å². The van der Waals surface area contributed by atoms with E-state index in [0.717, 1.165) is 17.6 Å². The van der Waals surface area contributed by atoms with Crippen LogP contribution >= 0.6 is 0 Å². The number of nitrogens with one attached hydrogen (secondary N) is 1. The summed E-state index contributed by atoms with van der Waals surface area (Å²) in [6.07, 6.45) is 9.21. The third kappa shape index (κ3) is 4.39. The SMILES string of the molecule is C=CC/C=C(\C=C/CC(=C)C)c1cc2ccc(F)cc2c(=O)[nH]1. The second-order valence-electron chi connectivity index (χ2n) is 5.49. The number of H-pyrrole nitrogens is 1. The smallest absolute Gasteiger partial charge is 0.256 e. The lowest BCUT2D eigenvalue weighted by Gasteiger charge is -2.06. The molecule has 0 bridgehead atoms. The molecule has 0 saturated heterocycles. The van der Waals surface area contributed by atoms with Gasteiger partial charge in [0.25, 0.3) is 5.56 Å². The van der Waals surface area contributed by atoms with Crippen LogP contribution in [0.25, 0.3) is 16.3 Å². The van der Waals surface area contributed by atoms with Gasteiger partial charge in [0.05, 0.1) is 0 Å². The minimum Gasteiger partial charge on any atom is -0.321 e. The summed E-state index contributed by atoms with van der Waals surface area (Å²) in [6.45, 7) is 9.55. The molecule has 0 aliphatic heterocycles. The lowest BCUT2D eigenvalue weighted by atomic mass is 10.0. The number of fused-ring (bicyclic) bond motifs is 1. The molecule has 1 heterocycles. The van der Waals surface area contributed by atoms with Crippen LogP contribution in [-0.4, -0.2) is 4.98 Å². The number of benzene rings is 1. The Hall–Kier alpha value is -2.68. The van der Waals surface area contributed by atoms with Gasteiger partial charge in [0.15, 0.2) is 0 Å². The number of halogens is 1. The minimum absolute atomic E-state index is 0.296. The third-order valence-corrected chi connectivity index (χ3v) is 3.39. The summed E-state index contributed by atoms with van der Waals surface area (Å²) < 4.78 is 13.3. The first-order chi connectivity index (χ1) is 11.0. The summed E-state index contributed by atoms with van der Waals surface area (Å²) in [5.74, 6) is -0.417. The fourth-order valence-electron chi connectivity index (χ4n) is 2.25. The van der Waals surface area contributed by atoms with E-state index in [9.17, 15) is 9.18 Å². The van der Waals surface area contributed by atoms with Crippen molar-refractivity contribution < 1.29 is 4.39 Å². The zero-order valence-corrected chi connectivity index (χ0v) is 13.2. The summed E-state index contributed by atoms with van der Waals surface area (Å²) in [5, 5.41) is 1.06. The second kappa shape index (κ2) is 7.54. The molecule has 118 valence electrons. The maximum atomic E-state index is 13.3. The lowest BCUT2D eigenvalue weighted by Crippen LogP contribution is -2.09. The highest BCUT2D eigenvalue weighted by Gasteiger charge is 2.05. The summed E-state index contributed by atoms with van der Waals surface area (Å²) >= 11 is 0. The van der Waals surface area contributed by atoms with Crippen LogP contribution in [0.4, 0.5) is 4.39 Å². The highest BCUT2D eigenvalue weighted by atomic mass is 19.1. The van der Waals surface area contributed by atoms with Gasteiger partial charge in [0, 0.05) is 11.1 Å². The van der Waals surface area contributed by atoms with E-state index in [2.05, 4.69) is 18.1 Å². The van der Waals surface area contributed by atoms with Crippen molar-refractivity contribution in [3.8, 4) is 0 Å². The molecule has 2 rings (SSSR count). The molecule has 0 radical (unpaired) electrons. The Bertz CT molecular complexity index is 856. The van der Waals surface area contributed by atoms with E-state index in [4.69, 9.17) is 0 Å². The second-order valence-corrected chi connectivity index (χ2v) is 5.49. The van der Waals surface area contributed by atoms with Crippen LogP contribution in [0.15, 0.2) is 72.1 Å². The van der Waals surface area contributed by atoms with E-state index >= 15 is 0 Å². The first-order valence-corrected chi connectivity index (χ1v) is 7.46. The van der Waals surface area contributed by atoms with Crippen molar-refractivity contribution in [1.82, 2.24) is 4.98 Å². The van der Waals surface area contributed by atoms with Crippen LogP contribution in [0.3, 0.4) is 0 Å². The maximum Gasteiger partial charge on any atom is 0.256 e. The molecule has 1 N–H and O–H groups in total. The predicted molar refractivity (Wildman–Crippen MR) is 95.9 cm³/mol. The predicted octanol–water partition coefficient (Wildman–Crippen LogP) is 5.15. The first-order valence-electron chi connectivity index (χ1n) is 7.46. The van der Waals surface area contributed by atoms with E-state index in [1.165, 1.54) is 12.1 Å². The molecule has 0 fully saturated rings. The molecule has 23 heavy (non-hydrogen) atoms. The van der Waals surface area contributed by atoms with E-state index in [1.54, 1.807) is 12.1 Å². The normalized spacial score (nSPS) is 12.0. The number of hydrogen-bond acceptors (Lipinski definition) is 1. The Labute approximate surface area is 135 Å². The minimum atomic E-state index is -0.417. The highest BCUT2D eigenvalue weighted by Crippen LogP contribution is 2.19. The maximum absolute atomic E-state index is 13.3. The zero-order chi connectivity index (χ0) is 16.8. The molecule has 0 spiro atoms. The summed E-state index contributed by atoms with van der Waals surface area (Å²) in [7, 11) is 0. The average Bonchev–Trinajstić information content (AvgIpc) is 2.51. The Morgan fingerprint density at radius 3 is 2.83 bits per heavy atom. The number of aromatic nitrogens is 1. The van der Waals surface area contributed by atoms with Gasteiger partial charge in [0.2, 0.25) is 0 Å². The Morgan fingerprint density at radius 1 is 1.35 bits per heavy atom. The van der Waals surface area contributed by atoms with Crippen LogP contribution < -0.4 is 5.56 Å². The van der Waals surface area contributed by atoms with Crippen LogP contribution in [0.5, 0.6) is 0 Å². The molecule has 2 nitrogen and oxygen atoms in total. The molecule has 0 saturated carbocycles. The first kappa shape index (κ1) is 16.7. The van der Waals surface area contributed by atoms with Crippen molar-refractivity contribution in [2.45, 2.75) is 19.8 Å². The Morgan fingerprint density at radius 2 is 2.13 bits per heavy atom. The molecular weight excluding hydrogens is 289 g/mol. The van der Waals surface area contributed by atoms with Crippen molar-refractivity contribution >= 4 is 16.3 Å². The lowest BCUT2D eigenvalue weighted by molar-refractivity contribution is 0.629. The van der Waals surface area contributed by atoms with Gasteiger partial charge in [-0.1, -0.05) is 42.5 Å². The van der Waals surface area contributed by atoms with E-state index in [0.29, 0.717) is 22.9 Å². The molecule has 3 heteroatoms. The molecule has 0 atom stereocenters. The topological polar surface area (TPSA) is 32.9 Å². The summed E-state index contributed by atoms with van der Waals surface area (Å²) in [4.78, 5) is 15.0. The van der Waals surface area contributed by atoms with Gasteiger partial charge in [-0.3, -0.25) is 4.79 Å². The number of hydrogen-bond donors (Lipinski definition) is 1. The standard InChI is InChI=1S/C20H20FNO/c1-4-5-8-15(9-6-7-14(2)3)19-12-16-10-11-17(21)13-18(16)20(23)22-19/h4,6,8-13H,1-2,5,7H2,3H3,(H,22,23)/b9-6-,15-8+. The molecular formula is C20H20FNO. The number of allylic oxidation sites excluding steroid dienone is 6. The molecule has 0 aliphatic carbocycles. The van der Waals surface area contributed by atoms with Gasteiger partial charge in [-0.05, 0) is 48.9 Å². The fourth-order valence-corrected chi connectivity index (χ4v) is 2.25. The monoisotopic (exact) mass is 309 g/mol. The average molecular weight is 309 g/mol. The Balaban J connectivity index is 2.50. The molecule has 0 amide bonds. The van der Waals surface area contributed by atoms with Crippen LogP contribution in [-0.2, 0) is 0 Å². The van der Waals surface area contributed by atoms with Crippen molar-refractivity contribution in [2.24, 2.45) is 0 Å². The van der Waals surface area contributed by atoms with Crippen molar-refractivity contribution in [2.75, 3.05) is 0 Å². The van der Waals surface area contributed by atoms with E-state index in [1.807, 2.05) is 31.2 Å². The zero-order valence-electron chi connectivity index (χ0n) is 13.2. The van der Waals surface area contributed by atoms with Gasteiger partial charge in [-0.25, -0.2) is 4.39 Å². The van der Waals surface area contributed by atoms with Crippen molar-refractivity contribution in [3.05, 3.63) is 89.2 Å². The molecule has 1 aromatic carbocycles. The van der Waals surface area contributed by atoms with Crippen LogP contribution in [0.2, 0.25) is 0 Å². The van der Waals surface area contributed by atoms with Crippen molar-refractivity contribution in [1.29, 1.82) is 0 Å². The quantitative estimate of drug-likeness (QED) is 0.581. The summed E-state index contributed by atoms with van der Waals surface area (Å²) in [5.41, 5.74) is 2.37. The van der Waals surface area contributed by atoms with Gasteiger partial charge >= 0.3 is 0 Å². The fraction of sp³-hybridized carbons (Fsp3) is 0.150. The third-order valence-electron chi connectivity index (χ3n) is 3.39. The summed E-state index contributed by atoms with van der Waals surface area (Å²) in [6, 6.07) is 6.08. The van der Waals surface area contributed by atoms with Gasteiger partial charge in [0.1, 0.15) is 5.82 Å². The van der Waals surface area contributed by atoms with E-state index < -0.39 is 5.82 Å². The molecule has 1 aromatic heterocycles. The molecule has 0 aliphatic rings. The molecule has 0 unspecified atom stereocenters. The molecule has 2 aromatic rings. The number of rotatable bonds is 6. The van der Waals surface area contributed by atoms with Crippen molar-refractivity contribution in [3.63, 3.8) is 0 Å². The Kier molecular flexibility index (Phi) is 5.47. The van der Waals surface area contributed by atoms with Gasteiger partial charge in [-0.15, -0.1) is 6.58 Å². The largest absolute Gasteiger partial charge is 0.321 e. The number of pyridine rings is 1. The number of aromatic amines is 1.